The maximum atomic E-state index is 12.1. The van der Waals surface area contributed by atoms with E-state index >= 15 is 0 Å². The Morgan fingerprint density at radius 3 is 2.36 bits per heavy atom. The van der Waals surface area contributed by atoms with Gasteiger partial charge in [0, 0.05) is 13.1 Å². The van der Waals surface area contributed by atoms with Crippen molar-refractivity contribution in [1.29, 1.82) is 0 Å². The SMILES string of the molecule is Cl.O=C(O)[C@@H]1CNC[C@H](C(F)(F)F)C1. The Labute approximate surface area is 85.1 Å². The summed E-state index contributed by atoms with van der Waals surface area (Å²) in [5, 5.41) is 11.0. The molecule has 1 fully saturated rings. The molecule has 0 aromatic carbocycles. The highest BCUT2D eigenvalue weighted by atomic mass is 35.5. The third kappa shape index (κ3) is 3.34. The zero-order valence-electron chi connectivity index (χ0n) is 7.17. The van der Waals surface area contributed by atoms with Gasteiger partial charge in [0.25, 0.3) is 0 Å². The molecule has 0 bridgehead atoms. The van der Waals surface area contributed by atoms with Gasteiger partial charge in [0.15, 0.2) is 0 Å². The summed E-state index contributed by atoms with van der Waals surface area (Å²) in [6.45, 7) is -0.0464. The first-order valence-electron chi connectivity index (χ1n) is 3.91. The van der Waals surface area contributed by atoms with Crippen molar-refractivity contribution in [3.63, 3.8) is 0 Å². The number of aliphatic carboxylic acids is 1. The van der Waals surface area contributed by atoms with E-state index in [1.54, 1.807) is 0 Å². The van der Waals surface area contributed by atoms with Gasteiger partial charge in [0.05, 0.1) is 11.8 Å². The second kappa shape index (κ2) is 4.84. The van der Waals surface area contributed by atoms with Crippen molar-refractivity contribution >= 4 is 18.4 Å². The number of halogens is 4. The third-order valence-corrected chi connectivity index (χ3v) is 2.16. The molecule has 2 N–H and O–H groups in total. The molecular weight excluding hydrogens is 223 g/mol. The zero-order chi connectivity index (χ0) is 10.1. The second-order valence-electron chi connectivity index (χ2n) is 3.17. The first kappa shape index (κ1) is 13.5. The van der Waals surface area contributed by atoms with E-state index in [-0.39, 0.29) is 31.9 Å². The molecular formula is C7H11ClF3NO2. The predicted octanol–water partition coefficient (Wildman–Crippen LogP) is 1.28. The first-order valence-corrected chi connectivity index (χ1v) is 3.91. The van der Waals surface area contributed by atoms with Crippen molar-refractivity contribution < 1.29 is 23.1 Å². The maximum Gasteiger partial charge on any atom is 0.393 e. The number of rotatable bonds is 1. The average molecular weight is 234 g/mol. The van der Waals surface area contributed by atoms with E-state index < -0.39 is 24.0 Å². The molecule has 0 radical (unpaired) electrons. The maximum absolute atomic E-state index is 12.1. The number of carboxylic acid groups (broad SMARTS) is 1. The quantitative estimate of drug-likeness (QED) is 0.717. The van der Waals surface area contributed by atoms with Crippen LogP contribution in [0.3, 0.4) is 0 Å². The van der Waals surface area contributed by atoms with Crippen LogP contribution in [-0.4, -0.2) is 30.3 Å². The van der Waals surface area contributed by atoms with Crippen molar-refractivity contribution in [3.8, 4) is 0 Å². The lowest BCUT2D eigenvalue weighted by molar-refractivity contribution is -0.184. The van der Waals surface area contributed by atoms with Crippen molar-refractivity contribution in [2.24, 2.45) is 11.8 Å². The van der Waals surface area contributed by atoms with Crippen LogP contribution in [0, 0.1) is 11.8 Å². The van der Waals surface area contributed by atoms with Gasteiger partial charge in [0.2, 0.25) is 0 Å². The van der Waals surface area contributed by atoms with Crippen LogP contribution in [0.4, 0.5) is 13.2 Å². The minimum Gasteiger partial charge on any atom is -0.481 e. The summed E-state index contributed by atoms with van der Waals surface area (Å²) in [6.07, 6.45) is -4.60. The number of piperidine rings is 1. The number of nitrogens with one attached hydrogen (secondary N) is 1. The third-order valence-electron chi connectivity index (χ3n) is 2.16. The Morgan fingerprint density at radius 1 is 1.36 bits per heavy atom. The lowest BCUT2D eigenvalue weighted by atomic mass is 9.90. The second-order valence-corrected chi connectivity index (χ2v) is 3.17. The van der Waals surface area contributed by atoms with E-state index in [9.17, 15) is 18.0 Å². The summed E-state index contributed by atoms with van der Waals surface area (Å²) in [5.74, 6) is -3.61. The lowest BCUT2D eigenvalue weighted by Gasteiger charge is -2.28. The first-order chi connectivity index (χ1) is 5.91. The zero-order valence-corrected chi connectivity index (χ0v) is 7.99. The van der Waals surface area contributed by atoms with Gasteiger partial charge in [0.1, 0.15) is 0 Å². The van der Waals surface area contributed by atoms with E-state index in [0.29, 0.717) is 0 Å². The summed E-state index contributed by atoms with van der Waals surface area (Å²) in [7, 11) is 0. The van der Waals surface area contributed by atoms with Crippen LogP contribution in [0.25, 0.3) is 0 Å². The molecule has 0 amide bonds. The largest absolute Gasteiger partial charge is 0.481 e. The van der Waals surface area contributed by atoms with Gasteiger partial charge in [-0.2, -0.15) is 13.2 Å². The molecule has 84 valence electrons. The van der Waals surface area contributed by atoms with E-state index in [2.05, 4.69) is 5.32 Å². The van der Waals surface area contributed by atoms with Gasteiger partial charge in [-0.25, -0.2) is 0 Å². The summed E-state index contributed by atoms with van der Waals surface area (Å²) in [5.41, 5.74) is 0. The molecule has 1 rings (SSSR count). The number of alkyl halides is 3. The van der Waals surface area contributed by atoms with Crippen LogP contribution >= 0.6 is 12.4 Å². The van der Waals surface area contributed by atoms with Crippen molar-refractivity contribution in [2.75, 3.05) is 13.1 Å². The molecule has 0 aromatic heterocycles. The summed E-state index contributed by atoms with van der Waals surface area (Å²) >= 11 is 0. The van der Waals surface area contributed by atoms with Crippen LogP contribution in [0.5, 0.6) is 0 Å². The number of carbonyl (C=O) groups is 1. The molecule has 0 aliphatic carbocycles. The minimum atomic E-state index is -4.29. The molecule has 14 heavy (non-hydrogen) atoms. The predicted molar refractivity (Wildman–Crippen MR) is 45.4 cm³/mol. The number of hydrogen-bond acceptors (Lipinski definition) is 2. The molecule has 1 aliphatic heterocycles. The van der Waals surface area contributed by atoms with Gasteiger partial charge >= 0.3 is 12.1 Å². The fourth-order valence-corrected chi connectivity index (χ4v) is 1.38. The monoisotopic (exact) mass is 233 g/mol. The Balaban J connectivity index is 0.00000169. The van der Waals surface area contributed by atoms with Crippen LogP contribution < -0.4 is 5.32 Å². The Bertz CT molecular complexity index is 210. The number of carboxylic acids is 1. The fourth-order valence-electron chi connectivity index (χ4n) is 1.38. The molecule has 7 heteroatoms. The highest BCUT2D eigenvalue weighted by Gasteiger charge is 2.43. The van der Waals surface area contributed by atoms with Gasteiger partial charge in [-0.05, 0) is 6.42 Å². The standard InChI is InChI=1S/C7H10F3NO2.ClH/c8-7(9,10)5-1-4(6(12)13)2-11-3-5;/h4-5,11H,1-3H2,(H,12,13);1H/t4-,5+;/m0./s1. The van der Waals surface area contributed by atoms with Crippen molar-refractivity contribution in [1.82, 2.24) is 5.32 Å². The topological polar surface area (TPSA) is 49.3 Å². The molecule has 1 saturated heterocycles. The molecule has 2 atom stereocenters. The number of hydrogen-bond donors (Lipinski definition) is 2. The summed E-state index contributed by atoms with van der Waals surface area (Å²) < 4.78 is 36.4. The van der Waals surface area contributed by atoms with Crippen LogP contribution in [0.15, 0.2) is 0 Å². The summed E-state index contributed by atoms with van der Waals surface area (Å²) in [6, 6.07) is 0. The smallest absolute Gasteiger partial charge is 0.393 e. The lowest BCUT2D eigenvalue weighted by Crippen LogP contribution is -2.45. The highest BCUT2D eigenvalue weighted by molar-refractivity contribution is 5.85. The molecule has 1 heterocycles. The van der Waals surface area contributed by atoms with Crippen molar-refractivity contribution in [3.05, 3.63) is 0 Å². The van der Waals surface area contributed by atoms with Gasteiger partial charge in [-0.3, -0.25) is 4.79 Å². The molecule has 3 nitrogen and oxygen atoms in total. The van der Waals surface area contributed by atoms with Crippen LogP contribution in [-0.2, 0) is 4.79 Å². The average Bonchev–Trinajstić information content (AvgIpc) is 2.03. The van der Waals surface area contributed by atoms with E-state index in [0.717, 1.165) is 0 Å². The van der Waals surface area contributed by atoms with Gasteiger partial charge in [-0.15, -0.1) is 12.4 Å². The normalized spacial score (nSPS) is 27.9. The van der Waals surface area contributed by atoms with E-state index in [1.165, 1.54) is 0 Å². The summed E-state index contributed by atoms with van der Waals surface area (Å²) in [4.78, 5) is 10.4. The molecule has 0 saturated carbocycles. The van der Waals surface area contributed by atoms with Crippen molar-refractivity contribution in [2.45, 2.75) is 12.6 Å². The molecule has 1 aliphatic rings. The Hall–Kier alpha value is -0.490. The molecule has 0 spiro atoms. The minimum absolute atomic E-state index is 0. The molecule has 0 aromatic rings. The van der Waals surface area contributed by atoms with Crippen LogP contribution in [0.2, 0.25) is 0 Å². The Morgan fingerprint density at radius 2 is 1.93 bits per heavy atom. The Kier molecular flexibility index (Phi) is 4.67. The van der Waals surface area contributed by atoms with Crippen LogP contribution in [0.1, 0.15) is 6.42 Å². The van der Waals surface area contributed by atoms with Gasteiger partial charge < -0.3 is 10.4 Å². The fraction of sp³-hybridized carbons (Fsp3) is 0.857. The van der Waals surface area contributed by atoms with E-state index in [4.69, 9.17) is 5.11 Å². The van der Waals surface area contributed by atoms with Gasteiger partial charge in [-0.1, -0.05) is 0 Å². The van der Waals surface area contributed by atoms with E-state index in [1.807, 2.05) is 0 Å². The highest BCUT2D eigenvalue weighted by Crippen LogP contribution is 2.32. The molecule has 0 unspecified atom stereocenters.